The van der Waals surface area contributed by atoms with Crippen molar-refractivity contribution in [3.8, 4) is 0 Å². The van der Waals surface area contributed by atoms with Crippen molar-refractivity contribution in [2.45, 2.75) is 13.0 Å². The van der Waals surface area contributed by atoms with E-state index in [1.54, 1.807) is 11.3 Å². The number of rotatable bonds is 3. The van der Waals surface area contributed by atoms with Gasteiger partial charge >= 0.3 is 0 Å². The summed E-state index contributed by atoms with van der Waals surface area (Å²) in [7, 11) is 0. The zero-order valence-corrected chi connectivity index (χ0v) is 8.97. The molecule has 78 valence electrons. The molecule has 0 amide bonds. The lowest BCUT2D eigenvalue weighted by atomic mass is 10.3. The molecular formula is C9H14N2O2S. The molecule has 1 fully saturated rings. The standard InChI is InChI=1S/C9H14N2O2S/c1-7-4-10-9(14-7)11-5-8-6-12-2-3-13-8/h4,8H,2-3,5-6H2,1H3,(H,10,11). The molecule has 0 spiro atoms. The Morgan fingerprint density at radius 2 is 2.57 bits per heavy atom. The van der Waals surface area contributed by atoms with Gasteiger partial charge in [-0.25, -0.2) is 4.98 Å². The topological polar surface area (TPSA) is 43.4 Å². The summed E-state index contributed by atoms with van der Waals surface area (Å²) in [6, 6.07) is 0. The number of aryl methyl sites for hydroxylation is 1. The van der Waals surface area contributed by atoms with Gasteiger partial charge in [-0.05, 0) is 6.92 Å². The van der Waals surface area contributed by atoms with E-state index in [9.17, 15) is 0 Å². The lowest BCUT2D eigenvalue weighted by Crippen LogP contribution is -2.34. The SMILES string of the molecule is Cc1cnc(NCC2COCCO2)s1. The number of nitrogens with zero attached hydrogens (tertiary/aromatic N) is 1. The second-order valence-corrected chi connectivity index (χ2v) is 4.46. The first-order chi connectivity index (χ1) is 6.84. The molecule has 1 aromatic rings. The lowest BCUT2D eigenvalue weighted by molar-refractivity contribution is -0.0818. The van der Waals surface area contributed by atoms with Gasteiger partial charge in [0.1, 0.15) is 0 Å². The number of hydrogen-bond acceptors (Lipinski definition) is 5. The molecule has 0 aromatic carbocycles. The van der Waals surface area contributed by atoms with E-state index in [-0.39, 0.29) is 6.10 Å². The van der Waals surface area contributed by atoms with Crippen molar-refractivity contribution in [2.75, 3.05) is 31.7 Å². The van der Waals surface area contributed by atoms with Crippen LogP contribution in [0.2, 0.25) is 0 Å². The number of thiazole rings is 1. The Balaban J connectivity index is 1.76. The number of ether oxygens (including phenoxy) is 2. The molecule has 0 bridgehead atoms. The third-order valence-corrected chi connectivity index (χ3v) is 2.86. The Hall–Kier alpha value is -0.650. The van der Waals surface area contributed by atoms with E-state index in [2.05, 4.69) is 10.3 Å². The van der Waals surface area contributed by atoms with Crippen LogP contribution in [0.5, 0.6) is 0 Å². The summed E-state index contributed by atoms with van der Waals surface area (Å²) in [6.45, 7) is 4.91. The second kappa shape index (κ2) is 4.72. The maximum absolute atomic E-state index is 5.50. The van der Waals surface area contributed by atoms with Gasteiger partial charge in [0.25, 0.3) is 0 Å². The van der Waals surface area contributed by atoms with Crippen LogP contribution >= 0.6 is 11.3 Å². The zero-order valence-electron chi connectivity index (χ0n) is 8.16. The van der Waals surface area contributed by atoms with Gasteiger partial charge in [0.2, 0.25) is 0 Å². The van der Waals surface area contributed by atoms with Gasteiger partial charge in [-0.3, -0.25) is 0 Å². The first-order valence-electron chi connectivity index (χ1n) is 4.70. The highest BCUT2D eigenvalue weighted by Crippen LogP contribution is 2.16. The Kier molecular flexibility index (Phi) is 3.34. The molecule has 0 saturated carbocycles. The Morgan fingerprint density at radius 3 is 3.21 bits per heavy atom. The maximum Gasteiger partial charge on any atom is 0.182 e. The fraction of sp³-hybridized carbons (Fsp3) is 0.667. The minimum Gasteiger partial charge on any atom is -0.376 e. The first kappa shape index (κ1) is 9.89. The maximum atomic E-state index is 5.50. The number of anilines is 1. The van der Waals surface area contributed by atoms with Crippen molar-refractivity contribution >= 4 is 16.5 Å². The van der Waals surface area contributed by atoms with Crippen LogP contribution in [0.25, 0.3) is 0 Å². The quantitative estimate of drug-likeness (QED) is 0.823. The van der Waals surface area contributed by atoms with E-state index in [0.29, 0.717) is 19.8 Å². The molecule has 5 heteroatoms. The van der Waals surface area contributed by atoms with E-state index in [1.807, 2.05) is 13.1 Å². The molecule has 2 heterocycles. The molecule has 14 heavy (non-hydrogen) atoms. The summed E-state index contributed by atoms with van der Waals surface area (Å²) < 4.78 is 10.8. The minimum atomic E-state index is 0.160. The average molecular weight is 214 g/mol. The summed E-state index contributed by atoms with van der Waals surface area (Å²) in [4.78, 5) is 5.43. The van der Waals surface area contributed by atoms with Crippen LogP contribution in [0.3, 0.4) is 0 Å². The largest absolute Gasteiger partial charge is 0.376 e. The van der Waals surface area contributed by atoms with E-state index in [4.69, 9.17) is 9.47 Å². The van der Waals surface area contributed by atoms with Crippen LogP contribution in [0.15, 0.2) is 6.20 Å². The highest BCUT2D eigenvalue weighted by atomic mass is 32.1. The van der Waals surface area contributed by atoms with Crippen LogP contribution in [0.1, 0.15) is 4.88 Å². The van der Waals surface area contributed by atoms with Gasteiger partial charge in [-0.2, -0.15) is 0 Å². The lowest BCUT2D eigenvalue weighted by Gasteiger charge is -2.22. The minimum absolute atomic E-state index is 0.160. The summed E-state index contributed by atoms with van der Waals surface area (Å²) in [5.74, 6) is 0. The van der Waals surface area contributed by atoms with Crippen LogP contribution in [0, 0.1) is 6.92 Å². The van der Waals surface area contributed by atoms with Gasteiger partial charge in [0.15, 0.2) is 5.13 Å². The smallest absolute Gasteiger partial charge is 0.182 e. The third kappa shape index (κ3) is 2.67. The molecule has 1 aromatic heterocycles. The summed E-state index contributed by atoms with van der Waals surface area (Å²) in [6.07, 6.45) is 2.03. The van der Waals surface area contributed by atoms with Gasteiger partial charge in [0, 0.05) is 17.6 Å². The number of nitrogens with one attached hydrogen (secondary N) is 1. The van der Waals surface area contributed by atoms with E-state index in [1.165, 1.54) is 4.88 Å². The predicted octanol–water partition coefficient (Wildman–Crippen LogP) is 1.28. The van der Waals surface area contributed by atoms with E-state index in [0.717, 1.165) is 11.7 Å². The highest BCUT2D eigenvalue weighted by molar-refractivity contribution is 7.15. The van der Waals surface area contributed by atoms with Gasteiger partial charge in [-0.15, -0.1) is 11.3 Å². The average Bonchev–Trinajstić information content (AvgIpc) is 2.63. The van der Waals surface area contributed by atoms with Crippen molar-refractivity contribution in [3.05, 3.63) is 11.1 Å². The summed E-state index contributed by atoms with van der Waals surface area (Å²) in [5, 5.41) is 4.19. The van der Waals surface area contributed by atoms with Gasteiger partial charge in [-0.1, -0.05) is 0 Å². The van der Waals surface area contributed by atoms with Crippen molar-refractivity contribution in [3.63, 3.8) is 0 Å². The fourth-order valence-corrected chi connectivity index (χ4v) is 1.96. The molecule has 0 radical (unpaired) electrons. The zero-order chi connectivity index (χ0) is 9.80. The second-order valence-electron chi connectivity index (χ2n) is 3.22. The highest BCUT2D eigenvalue weighted by Gasteiger charge is 2.14. The Bertz CT molecular complexity index is 284. The van der Waals surface area contributed by atoms with Crippen LogP contribution in [0.4, 0.5) is 5.13 Å². The van der Waals surface area contributed by atoms with Crippen molar-refractivity contribution in [1.29, 1.82) is 0 Å². The van der Waals surface area contributed by atoms with Crippen molar-refractivity contribution in [1.82, 2.24) is 4.98 Å². The van der Waals surface area contributed by atoms with Crippen LogP contribution < -0.4 is 5.32 Å². The van der Waals surface area contributed by atoms with Crippen LogP contribution in [-0.4, -0.2) is 37.5 Å². The molecule has 1 N–H and O–H groups in total. The molecule has 1 saturated heterocycles. The predicted molar refractivity (Wildman–Crippen MR) is 55.9 cm³/mol. The Morgan fingerprint density at radius 1 is 1.64 bits per heavy atom. The Labute approximate surface area is 87.3 Å². The fourth-order valence-electron chi connectivity index (χ4n) is 1.29. The van der Waals surface area contributed by atoms with Gasteiger partial charge < -0.3 is 14.8 Å². The van der Waals surface area contributed by atoms with E-state index < -0.39 is 0 Å². The third-order valence-electron chi connectivity index (χ3n) is 1.99. The molecule has 1 atom stereocenters. The molecular weight excluding hydrogens is 200 g/mol. The monoisotopic (exact) mass is 214 g/mol. The van der Waals surface area contributed by atoms with E-state index >= 15 is 0 Å². The molecule has 4 nitrogen and oxygen atoms in total. The molecule has 1 aliphatic rings. The number of aromatic nitrogens is 1. The molecule has 1 aliphatic heterocycles. The van der Waals surface area contributed by atoms with Crippen molar-refractivity contribution in [2.24, 2.45) is 0 Å². The molecule has 2 rings (SSSR count). The van der Waals surface area contributed by atoms with Gasteiger partial charge in [0.05, 0.1) is 25.9 Å². The summed E-state index contributed by atoms with van der Waals surface area (Å²) >= 11 is 1.66. The normalized spacial score (nSPS) is 22.2. The van der Waals surface area contributed by atoms with Crippen LogP contribution in [-0.2, 0) is 9.47 Å². The summed E-state index contributed by atoms with van der Waals surface area (Å²) in [5.41, 5.74) is 0. The first-order valence-corrected chi connectivity index (χ1v) is 5.52. The number of hydrogen-bond donors (Lipinski definition) is 1. The molecule has 0 aliphatic carbocycles. The van der Waals surface area contributed by atoms with Crippen molar-refractivity contribution < 1.29 is 9.47 Å². The molecule has 1 unspecified atom stereocenters.